The summed E-state index contributed by atoms with van der Waals surface area (Å²) in [7, 11) is 0. The van der Waals surface area contributed by atoms with Crippen LogP contribution in [0.25, 0.3) is 0 Å². The van der Waals surface area contributed by atoms with Crippen LogP contribution in [0.3, 0.4) is 0 Å². The number of nitrogens with one attached hydrogen (secondary N) is 1. The van der Waals surface area contributed by atoms with Crippen molar-refractivity contribution < 1.29 is 92.8 Å². The monoisotopic (exact) mass is 488 g/mol. The molecule has 0 saturated heterocycles. The Morgan fingerprint density at radius 1 is 1.15 bits per heavy atom. The molecule has 149 valence electrons. The van der Waals surface area contributed by atoms with Crippen molar-refractivity contribution in [3.63, 3.8) is 0 Å². The van der Waals surface area contributed by atoms with E-state index in [1.807, 2.05) is 20.8 Å². The zero-order chi connectivity index (χ0) is 19.6. The molecule has 0 aromatic carbocycles. The first-order valence-electron chi connectivity index (χ1n) is 8.74. The van der Waals surface area contributed by atoms with Gasteiger partial charge in [-0.2, -0.15) is 50.8 Å². The Balaban J connectivity index is -0.000000192. The normalized spacial score (nSPS) is 12.5. The molecule has 0 fully saturated rings. The second-order valence-electron chi connectivity index (χ2n) is 8.50. The predicted molar refractivity (Wildman–Crippen MR) is 107 cm³/mol. The summed E-state index contributed by atoms with van der Waals surface area (Å²) >= 11 is 0.453. The summed E-state index contributed by atoms with van der Waals surface area (Å²) in [4.78, 5) is 11.9. The van der Waals surface area contributed by atoms with Crippen molar-refractivity contribution in [3.05, 3.63) is 18.8 Å². The van der Waals surface area contributed by atoms with Gasteiger partial charge in [0.05, 0.1) is 0 Å². The number of amides is 1. The van der Waals surface area contributed by atoms with Crippen molar-refractivity contribution in [3.8, 4) is 0 Å². The van der Waals surface area contributed by atoms with E-state index in [1.165, 1.54) is 11.8 Å². The maximum absolute atomic E-state index is 11.9. The Hall–Kier alpha value is 2.49. The van der Waals surface area contributed by atoms with Gasteiger partial charge < -0.3 is 24.1 Å². The quantitative estimate of drug-likeness (QED) is 0.398. The Morgan fingerprint density at radius 2 is 1.62 bits per heavy atom. The topological polar surface area (TPSA) is 29.1 Å². The van der Waals surface area contributed by atoms with Crippen LogP contribution >= 0.6 is 12.1 Å². The largest absolute Gasteiger partial charge is 1.00 e. The smallest absolute Gasteiger partial charge is 0.353 e. The summed E-state index contributed by atoms with van der Waals surface area (Å²) in [5, 5.41) is 3.25. The molecule has 0 aliphatic carbocycles. The molecule has 0 aliphatic heterocycles. The van der Waals surface area contributed by atoms with Gasteiger partial charge in [0.25, 0.3) is 0 Å². The van der Waals surface area contributed by atoms with Gasteiger partial charge in [-0.25, -0.2) is 0 Å². The summed E-state index contributed by atoms with van der Waals surface area (Å²) in [6, 6.07) is 0. The summed E-state index contributed by atoms with van der Waals surface area (Å²) in [5.41, 5.74) is -0.540. The molecule has 6 heteroatoms. The fourth-order valence-electron chi connectivity index (χ4n) is 2.05. The maximum Gasteiger partial charge on any atom is 1.00 e. The third-order valence-electron chi connectivity index (χ3n) is 3.69. The molecule has 0 aromatic rings. The second-order valence-corrected chi connectivity index (χ2v) is 9.48. The maximum atomic E-state index is 11.9. The van der Waals surface area contributed by atoms with Gasteiger partial charge in [0.2, 0.25) is 5.91 Å². The first-order chi connectivity index (χ1) is 10.8. The zero-order valence-electron chi connectivity index (χ0n) is 18.9. The summed E-state index contributed by atoms with van der Waals surface area (Å²) in [6.45, 7) is 22.0. The Morgan fingerprint density at radius 3 is 1.92 bits per heavy atom. The first kappa shape index (κ1) is 35.9. The minimum atomic E-state index is -0.376. The minimum absolute atomic E-state index is 0. The molecule has 26 heavy (non-hydrogen) atoms. The molecular weight excluding hydrogens is 449 g/mol. The standard InChI is InChI=1S/C13H25NO.C7H14FS.K.Y/c1-8-12(4,5)11(15)14-13(6,7)9-10(2)3;1-6(2)4-5-7(3)9-8;;/h1,8-9H2,2-7H3,(H,14,15);7H,4-5H2,1-3H3;;/q-2;-1;+1;. The Labute approximate surface area is 235 Å². The fourth-order valence-corrected chi connectivity index (χ4v) is 2.26. The van der Waals surface area contributed by atoms with E-state index in [2.05, 4.69) is 53.8 Å². The van der Waals surface area contributed by atoms with Crippen LogP contribution in [0, 0.1) is 24.2 Å². The van der Waals surface area contributed by atoms with Crippen LogP contribution in [0.5, 0.6) is 0 Å². The van der Waals surface area contributed by atoms with Crippen molar-refractivity contribution in [2.45, 2.75) is 98.8 Å². The number of halogens is 1. The summed E-state index contributed by atoms with van der Waals surface area (Å²) in [5.74, 6) is 2.80. The van der Waals surface area contributed by atoms with Crippen molar-refractivity contribution >= 4 is 18.1 Å². The van der Waals surface area contributed by atoms with Gasteiger partial charge in [-0.1, -0.05) is 27.2 Å². The van der Waals surface area contributed by atoms with Crippen LogP contribution in [0.1, 0.15) is 88.0 Å². The van der Waals surface area contributed by atoms with E-state index >= 15 is 0 Å². The first-order valence-corrected chi connectivity index (χ1v) is 9.52. The van der Waals surface area contributed by atoms with E-state index in [0.29, 0.717) is 18.6 Å². The van der Waals surface area contributed by atoms with Gasteiger partial charge in [0, 0.05) is 61.1 Å². The van der Waals surface area contributed by atoms with Crippen LogP contribution in [0.2, 0.25) is 0 Å². The Kier molecular flexibility index (Phi) is 25.2. The average Bonchev–Trinajstić information content (AvgIpc) is 2.43. The van der Waals surface area contributed by atoms with Gasteiger partial charge in [0.15, 0.2) is 0 Å². The van der Waals surface area contributed by atoms with E-state index in [-0.39, 0.29) is 106 Å². The second kappa shape index (κ2) is 18.3. The van der Waals surface area contributed by atoms with E-state index in [4.69, 9.17) is 0 Å². The molecule has 1 radical (unpaired) electrons. The van der Waals surface area contributed by atoms with Crippen molar-refractivity contribution in [2.75, 3.05) is 0 Å². The van der Waals surface area contributed by atoms with E-state index in [0.717, 1.165) is 19.3 Å². The van der Waals surface area contributed by atoms with E-state index < -0.39 is 0 Å². The summed E-state index contributed by atoms with van der Waals surface area (Å²) < 4.78 is 11.7. The van der Waals surface area contributed by atoms with Crippen molar-refractivity contribution in [1.29, 1.82) is 0 Å². The van der Waals surface area contributed by atoms with E-state index in [9.17, 15) is 8.68 Å². The molecular formula is C20H39FKNOSY-2. The molecule has 1 N–H and O–H groups in total. The predicted octanol–water partition coefficient (Wildman–Crippen LogP) is 3.52. The van der Waals surface area contributed by atoms with Gasteiger partial charge in [-0.05, 0) is 13.8 Å². The van der Waals surface area contributed by atoms with Gasteiger partial charge in [-0.3, -0.25) is 4.79 Å². The molecule has 0 aromatic heterocycles. The summed E-state index contributed by atoms with van der Waals surface area (Å²) in [6.07, 6.45) is 3.54. The Bertz CT molecular complexity index is 353. The molecule has 0 heterocycles. The molecule has 1 amide bonds. The number of carbonyl (C=O) groups is 1. The molecule has 0 saturated carbocycles. The molecule has 0 spiro atoms. The third-order valence-corrected chi connectivity index (χ3v) is 4.23. The molecule has 2 nitrogen and oxygen atoms in total. The third kappa shape index (κ3) is 21.2. The van der Waals surface area contributed by atoms with Crippen LogP contribution in [-0.4, -0.2) is 16.7 Å². The number of carbonyl (C=O) groups excluding carboxylic acids is 1. The van der Waals surface area contributed by atoms with Crippen LogP contribution in [0.15, 0.2) is 0 Å². The van der Waals surface area contributed by atoms with Crippen LogP contribution < -0.4 is 56.7 Å². The van der Waals surface area contributed by atoms with Crippen molar-refractivity contribution in [1.82, 2.24) is 5.32 Å². The van der Waals surface area contributed by atoms with Gasteiger partial charge >= 0.3 is 51.4 Å². The van der Waals surface area contributed by atoms with Crippen LogP contribution in [0.4, 0.5) is 3.89 Å². The van der Waals surface area contributed by atoms with Gasteiger partial charge in [-0.15, -0.1) is 0 Å². The van der Waals surface area contributed by atoms with Gasteiger partial charge in [0.1, 0.15) is 0 Å². The molecule has 0 bridgehead atoms. The molecule has 0 rings (SSSR count). The number of rotatable bonds is 9. The number of hydrogen-bond donors (Lipinski definition) is 1. The molecule has 1 atom stereocenters. The fraction of sp³-hybridized carbons (Fsp3) is 0.800. The van der Waals surface area contributed by atoms with Crippen LogP contribution in [-0.2, 0) is 37.5 Å². The molecule has 1 unspecified atom stereocenters. The SMILES string of the molecule is C[C-](C)CCC(C)SF.[CH2-]CC(C)(C)C(=O)NC(C)(C)C[C-](C)C.[K+].[Y]. The van der Waals surface area contributed by atoms with Crippen molar-refractivity contribution in [2.24, 2.45) is 5.41 Å². The molecule has 0 aliphatic rings. The average molecular weight is 489 g/mol. The zero-order valence-corrected chi connectivity index (χ0v) is 25.7. The number of hydrogen-bond acceptors (Lipinski definition) is 2. The minimum Gasteiger partial charge on any atom is -0.353 e. The van der Waals surface area contributed by atoms with E-state index in [1.54, 1.807) is 0 Å².